The largest absolute Gasteiger partial charge is 0.348 e. The number of hydrogen-bond donors (Lipinski definition) is 2. The number of halogens is 1. The van der Waals surface area contributed by atoms with E-state index < -0.39 is 0 Å². The zero-order valence-electron chi connectivity index (χ0n) is 9.22. The van der Waals surface area contributed by atoms with Crippen LogP contribution in [0.1, 0.15) is 22.3 Å². The fraction of sp³-hybridized carbons (Fsp3) is 0.417. The van der Waals surface area contributed by atoms with Gasteiger partial charge in [-0.1, -0.05) is 11.6 Å². The van der Waals surface area contributed by atoms with Crippen LogP contribution in [-0.2, 0) is 0 Å². The van der Waals surface area contributed by atoms with Crippen molar-refractivity contribution in [1.29, 1.82) is 0 Å². The monoisotopic (exact) mass is 282 g/mol. The van der Waals surface area contributed by atoms with E-state index in [0.29, 0.717) is 5.56 Å². The molecule has 0 aromatic heterocycles. The zero-order chi connectivity index (χ0) is 11.5. The molecule has 1 aliphatic heterocycles. The van der Waals surface area contributed by atoms with E-state index in [1.54, 1.807) is 0 Å². The van der Waals surface area contributed by atoms with Gasteiger partial charge in [0, 0.05) is 17.1 Å². The first kappa shape index (κ1) is 11.6. The molecule has 16 heavy (non-hydrogen) atoms. The Labute approximate surface area is 104 Å². The lowest BCUT2D eigenvalue weighted by Gasteiger charge is -2.12. The predicted molar refractivity (Wildman–Crippen MR) is 67.6 cm³/mol. The van der Waals surface area contributed by atoms with Crippen LogP contribution in [-0.4, -0.2) is 25.0 Å². The summed E-state index contributed by atoms with van der Waals surface area (Å²) in [5.74, 6) is 0.00396. The summed E-state index contributed by atoms with van der Waals surface area (Å²) in [6.07, 6.45) is 1.01. The molecule has 1 atom stereocenters. The molecule has 86 valence electrons. The lowest BCUT2D eigenvalue weighted by molar-refractivity contribution is 0.0939. The first-order valence-corrected chi connectivity index (χ1v) is 6.24. The summed E-state index contributed by atoms with van der Waals surface area (Å²) in [4.78, 5) is 12.0. The van der Waals surface area contributed by atoms with E-state index in [4.69, 9.17) is 0 Å². The maximum Gasteiger partial charge on any atom is 0.252 e. The number of carbonyl (C=O) groups excluding carboxylic acids is 1. The first-order chi connectivity index (χ1) is 7.66. The fourth-order valence-electron chi connectivity index (χ4n) is 1.85. The van der Waals surface area contributed by atoms with Crippen LogP contribution in [0.4, 0.5) is 0 Å². The lowest BCUT2D eigenvalue weighted by atomic mass is 10.1. The Hall–Kier alpha value is -0.870. The number of benzene rings is 1. The first-order valence-electron chi connectivity index (χ1n) is 5.44. The highest BCUT2D eigenvalue weighted by Gasteiger charge is 2.18. The summed E-state index contributed by atoms with van der Waals surface area (Å²) >= 11 is 3.40. The molecule has 0 aliphatic carbocycles. The maximum absolute atomic E-state index is 12.0. The molecule has 2 N–H and O–H groups in total. The Bertz CT molecular complexity index is 400. The van der Waals surface area contributed by atoms with Gasteiger partial charge in [-0.2, -0.15) is 0 Å². The highest BCUT2D eigenvalue weighted by Crippen LogP contribution is 2.18. The van der Waals surface area contributed by atoms with Crippen molar-refractivity contribution in [3.8, 4) is 0 Å². The molecule has 1 unspecified atom stereocenters. The van der Waals surface area contributed by atoms with Crippen LogP contribution in [0.5, 0.6) is 0 Å². The van der Waals surface area contributed by atoms with Crippen LogP contribution in [0.25, 0.3) is 0 Å². The van der Waals surface area contributed by atoms with Crippen molar-refractivity contribution in [2.45, 2.75) is 19.4 Å². The summed E-state index contributed by atoms with van der Waals surface area (Å²) in [5, 5.41) is 6.26. The van der Waals surface area contributed by atoms with Gasteiger partial charge in [0.1, 0.15) is 0 Å². The summed E-state index contributed by atoms with van der Waals surface area (Å²) in [6.45, 7) is 3.84. The van der Waals surface area contributed by atoms with Crippen LogP contribution in [0.15, 0.2) is 22.7 Å². The molecule has 1 aromatic carbocycles. The van der Waals surface area contributed by atoms with Crippen molar-refractivity contribution >= 4 is 21.8 Å². The second kappa shape index (κ2) is 4.97. The Balaban J connectivity index is 2.10. The summed E-state index contributed by atoms with van der Waals surface area (Å²) < 4.78 is 0.849. The van der Waals surface area contributed by atoms with Crippen LogP contribution < -0.4 is 10.6 Å². The van der Waals surface area contributed by atoms with Gasteiger partial charge < -0.3 is 10.6 Å². The average molecular weight is 283 g/mol. The van der Waals surface area contributed by atoms with Crippen molar-refractivity contribution in [3.63, 3.8) is 0 Å². The normalized spacial score (nSPS) is 19.8. The molecule has 3 nitrogen and oxygen atoms in total. The quantitative estimate of drug-likeness (QED) is 0.869. The summed E-state index contributed by atoms with van der Waals surface area (Å²) in [7, 11) is 0. The molecular weight excluding hydrogens is 268 g/mol. The molecule has 0 spiro atoms. The van der Waals surface area contributed by atoms with Crippen LogP contribution in [0.2, 0.25) is 0 Å². The molecule has 1 saturated heterocycles. The van der Waals surface area contributed by atoms with Gasteiger partial charge in [-0.25, -0.2) is 0 Å². The Morgan fingerprint density at radius 1 is 1.56 bits per heavy atom. The summed E-state index contributed by atoms with van der Waals surface area (Å²) in [5.41, 5.74) is 1.81. The predicted octanol–water partition coefficient (Wildman–Crippen LogP) is 1.85. The molecule has 0 saturated carbocycles. The molecule has 1 amide bonds. The second-order valence-corrected chi connectivity index (χ2v) is 5.00. The van der Waals surface area contributed by atoms with Gasteiger partial charge in [0.15, 0.2) is 0 Å². The van der Waals surface area contributed by atoms with Gasteiger partial charge in [-0.05, 0) is 48.0 Å². The molecule has 1 aromatic rings. The van der Waals surface area contributed by atoms with Crippen molar-refractivity contribution in [3.05, 3.63) is 33.8 Å². The second-order valence-electron chi connectivity index (χ2n) is 4.15. The lowest BCUT2D eigenvalue weighted by Crippen LogP contribution is -2.36. The number of rotatable bonds is 2. The number of carbonyl (C=O) groups is 1. The minimum atomic E-state index is 0.00396. The Morgan fingerprint density at radius 3 is 3.06 bits per heavy atom. The smallest absolute Gasteiger partial charge is 0.252 e. The standard InChI is InChI=1S/C12H15BrN2O/c1-8-2-3-11(13)10(6-8)12(16)15-9-4-5-14-7-9/h2-3,6,9,14H,4-5,7H2,1H3,(H,15,16). The topological polar surface area (TPSA) is 41.1 Å². The van der Waals surface area contributed by atoms with Crippen LogP contribution in [0, 0.1) is 6.92 Å². The van der Waals surface area contributed by atoms with Gasteiger partial charge in [-0.3, -0.25) is 4.79 Å². The third kappa shape index (κ3) is 2.62. The number of nitrogens with one attached hydrogen (secondary N) is 2. The molecular formula is C12H15BrN2O. The van der Waals surface area contributed by atoms with Gasteiger partial charge in [-0.15, -0.1) is 0 Å². The SMILES string of the molecule is Cc1ccc(Br)c(C(=O)NC2CCNC2)c1. The number of amides is 1. The van der Waals surface area contributed by atoms with Crippen LogP contribution >= 0.6 is 15.9 Å². The molecule has 0 bridgehead atoms. The average Bonchev–Trinajstić information content (AvgIpc) is 2.74. The van der Waals surface area contributed by atoms with E-state index in [0.717, 1.165) is 29.5 Å². The van der Waals surface area contributed by atoms with Crippen molar-refractivity contribution < 1.29 is 4.79 Å². The number of aryl methyl sites for hydroxylation is 1. The number of hydrogen-bond acceptors (Lipinski definition) is 2. The highest BCUT2D eigenvalue weighted by molar-refractivity contribution is 9.10. The maximum atomic E-state index is 12.0. The zero-order valence-corrected chi connectivity index (χ0v) is 10.8. The van der Waals surface area contributed by atoms with Gasteiger partial charge in [0.25, 0.3) is 5.91 Å². The third-order valence-corrected chi connectivity index (χ3v) is 3.45. The highest BCUT2D eigenvalue weighted by atomic mass is 79.9. The molecule has 0 radical (unpaired) electrons. The van der Waals surface area contributed by atoms with Crippen molar-refractivity contribution in [2.75, 3.05) is 13.1 Å². The van der Waals surface area contributed by atoms with E-state index in [2.05, 4.69) is 26.6 Å². The molecule has 1 aliphatic rings. The molecule has 1 fully saturated rings. The van der Waals surface area contributed by atoms with E-state index in [1.165, 1.54) is 0 Å². The minimum Gasteiger partial charge on any atom is -0.348 e. The van der Waals surface area contributed by atoms with E-state index >= 15 is 0 Å². The van der Waals surface area contributed by atoms with E-state index in [-0.39, 0.29) is 11.9 Å². The van der Waals surface area contributed by atoms with Gasteiger partial charge >= 0.3 is 0 Å². The van der Waals surface area contributed by atoms with Crippen molar-refractivity contribution in [2.24, 2.45) is 0 Å². The van der Waals surface area contributed by atoms with E-state index in [1.807, 2.05) is 25.1 Å². The molecule has 4 heteroatoms. The van der Waals surface area contributed by atoms with E-state index in [9.17, 15) is 4.79 Å². The minimum absolute atomic E-state index is 0.00396. The third-order valence-electron chi connectivity index (χ3n) is 2.76. The van der Waals surface area contributed by atoms with Crippen LogP contribution in [0.3, 0.4) is 0 Å². The van der Waals surface area contributed by atoms with Gasteiger partial charge in [0.2, 0.25) is 0 Å². The Kier molecular flexibility index (Phi) is 3.61. The molecule has 1 heterocycles. The van der Waals surface area contributed by atoms with Crippen molar-refractivity contribution in [1.82, 2.24) is 10.6 Å². The fourth-order valence-corrected chi connectivity index (χ4v) is 2.28. The molecule has 2 rings (SSSR count). The Morgan fingerprint density at radius 2 is 2.38 bits per heavy atom. The van der Waals surface area contributed by atoms with Gasteiger partial charge in [0.05, 0.1) is 5.56 Å². The summed E-state index contributed by atoms with van der Waals surface area (Å²) in [6, 6.07) is 6.07.